The highest BCUT2D eigenvalue weighted by atomic mass is 32.1. The molecule has 146 valence electrons. The number of nitrogens with one attached hydrogen (secondary N) is 2. The third kappa shape index (κ3) is 4.12. The zero-order valence-corrected chi connectivity index (χ0v) is 17.3. The van der Waals surface area contributed by atoms with E-state index in [0.29, 0.717) is 16.4 Å². The molecule has 2 N–H and O–H groups in total. The lowest BCUT2D eigenvalue weighted by molar-refractivity contribution is -0.119. The Morgan fingerprint density at radius 2 is 1.86 bits per heavy atom. The molecule has 0 aliphatic carbocycles. The second-order valence-corrected chi connectivity index (χ2v) is 7.56. The van der Waals surface area contributed by atoms with Gasteiger partial charge in [-0.2, -0.15) is 5.10 Å². The van der Waals surface area contributed by atoms with E-state index in [1.807, 2.05) is 57.5 Å². The Labute approximate surface area is 167 Å². The first-order chi connectivity index (χ1) is 13.3. The molecule has 3 aromatic rings. The van der Waals surface area contributed by atoms with Crippen molar-refractivity contribution in [1.82, 2.24) is 20.1 Å². The van der Waals surface area contributed by atoms with Gasteiger partial charge in [-0.15, -0.1) is 11.3 Å². The maximum atomic E-state index is 12.6. The van der Waals surface area contributed by atoms with Gasteiger partial charge >= 0.3 is 0 Å². The number of carbonyl (C=O) groups is 2. The van der Waals surface area contributed by atoms with Crippen molar-refractivity contribution in [2.24, 2.45) is 7.05 Å². The smallest absolute Gasteiger partial charge is 0.261 e. The van der Waals surface area contributed by atoms with E-state index in [2.05, 4.69) is 20.7 Å². The van der Waals surface area contributed by atoms with Crippen LogP contribution in [0.4, 0.5) is 5.13 Å². The van der Waals surface area contributed by atoms with Gasteiger partial charge in [0.15, 0.2) is 5.13 Å². The summed E-state index contributed by atoms with van der Waals surface area (Å²) in [7, 11) is 1.82. The van der Waals surface area contributed by atoms with Crippen LogP contribution in [-0.4, -0.2) is 26.6 Å². The van der Waals surface area contributed by atoms with Crippen molar-refractivity contribution < 1.29 is 9.59 Å². The third-order valence-corrected chi connectivity index (χ3v) is 5.34. The van der Waals surface area contributed by atoms with Gasteiger partial charge in [0.2, 0.25) is 5.91 Å². The lowest BCUT2D eigenvalue weighted by Crippen LogP contribution is -2.23. The van der Waals surface area contributed by atoms with Gasteiger partial charge < -0.3 is 5.32 Å². The minimum Gasteiger partial charge on any atom is -0.350 e. The molecule has 0 aliphatic heterocycles. The normalized spacial score (nSPS) is 11.9. The van der Waals surface area contributed by atoms with Gasteiger partial charge in [0, 0.05) is 30.6 Å². The number of aromatic nitrogens is 3. The molecular formula is C20H23N5O2S. The number of rotatable bonds is 5. The quantitative estimate of drug-likeness (QED) is 0.688. The van der Waals surface area contributed by atoms with Gasteiger partial charge in [0.1, 0.15) is 0 Å². The molecule has 8 heteroatoms. The minimum atomic E-state index is -0.205. The van der Waals surface area contributed by atoms with E-state index in [9.17, 15) is 9.59 Å². The highest BCUT2D eigenvalue weighted by Gasteiger charge is 2.18. The molecule has 2 amide bonds. The highest BCUT2D eigenvalue weighted by molar-refractivity contribution is 7.14. The topological polar surface area (TPSA) is 88.9 Å². The SMILES string of the molecule is CC(=O)N[C@@H](C)c1ccc(-c2csc(NC(=O)c3c(C)nn(C)c3C)n2)cc1. The van der Waals surface area contributed by atoms with E-state index < -0.39 is 0 Å². The molecule has 0 radical (unpaired) electrons. The zero-order valence-electron chi connectivity index (χ0n) is 16.5. The van der Waals surface area contributed by atoms with Crippen molar-refractivity contribution >= 4 is 28.3 Å². The Bertz CT molecular complexity index is 1020. The predicted molar refractivity (Wildman–Crippen MR) is 110 cm³/mol. The Morgan fingerprint density at radius 3 is 2.43 bits per heavy atom. The minimum absolute atomic E-state index is 0.0530. The van der Waals surface area contributed by atoms with Gasteiger partial charge in [-0.1, -0.05) is 24.3 Å². The number of carbonyl (C=O) groups excluding carboxylic acids is 2. The van der Waals surface area contributed by atoms with Crippen LogP contribution in [0.3, 0.4) is 0 Å². The van der Waals surface area contributed by atoms with Crippen molar-refractivity contribution in [3.63, 3.8) is 0 Å². The number of anilines is 1. The number of nitrogens with zero attached hydrogens (tertiary/aromatic N) is 3. The Hall–Kier alpha value is -3.00. The summed E-state index contributed by atoms with van der Waals surface area (Å²) in [6.45, 7) is 7.13. The maximum Gasteiger partial charge on any atom is 0.261 e. The summed E-state index contributed by atoms with van der Waals surface area (Å²) in [5.41, 5.74) is 4.84. The third-order valence-electron chi connectivity index (χ3n) is 4.59. The van der Waals surface area contributed by atoms with Crippen molar-refractivity contribution in [1.29, 1.82) is 0 Å². The Kier molecular flexibility index (Phi) is 5.60. The number of benzene rings is 1. The van der Waals surface area contributed by atoms with E-state index >= 15 is 0 Å². The maximum absolute atomic E-state index is 12.6. The monoisotopic (exact) mass is 397 g/mol. The first-order valence-electron chi connectivity index (χ1n) is 8.90. The van der Waals surface area contributed by atoms with E-state index in [4.69, 9.17) is 0 Å². The van der Waals surface area contributed by atoms with Crippen LogP contribution in [0.5, 0.6) is 0 Å². The number of hydrogen-bond acceptors (Lipinski definition) is 5. The standard InChI is InChI=1S/C20H23N5O2S/c1-11(21-14(4)26)15-6-8-16(9-7-15)17-10-28-20(22-17)23-19(27)18-12(2)24-25(5)13(18)3/h6-11H,1-5H3,(H,21,26)(H,22,23,27)/t11-/m0/s1. The van der Waals surface area contributed by atoms with Crippen molar-refractivity contribution in [2.45, 2.75) is 33.7 Å². The fraction of sp³-hybridized carbons (Fsp3) is 0.300. The van der Waals surface area contributed by atoms with Crippen LogP contribution in [0.25, 0.3) is 11.3 Å². The summed E-state index contributed by atoms with van der Waals surface area (Å²) in [4.78, 5) is 28.3. The zero-order chi connectivity index (χ0) is 20.4. The molecule has 1 atom stereocenters. The fourth-order valence-corrected chi connectivity index (χ4v) is 3.77. The van der Waals surface area contributed by atoms with Gasteiger partial charge in [0.05, 0.1) is 23.0 Å². The molecule has 2 heterocycles. The van der Waals surface area contributed by atoms with Crippen LogP contribution in [0, 0.1) is 13.8 Å². The molecule has 2 aromatic heterocycles. The lowest BCUT2D eigenvalue weighted by Gasteiger charge is -2.13. The lowest BCUT2D eigenvalue weighted by atomic mass is 10.1. The summed E-state index contributed by atoms with van der Waals surface area (Å²) in [5, 5.41) is 12.5. The molecular weight excluding hydrogens is 374 g/mol. The van der Waals surface area contributed by atoms with Crippen LogP contribution in [-0.2, 0) is 11.8 Å². The fourth-order valence-electron chi connectivity index (χ4n) is 3.06. The number of hydrogen-bond donors (Lipinski definition) is 2. The molecule has 7 nitrogen and oxygen atoms in total. The predicted octanol–water partition coefficient (Wildman–Crippen LogP) is 3.61. The van der Waals surface area contributed by atoms with Crippen molar-refractivity contribution in [3.8, 4) is 11.3 Å². The summed E-state index contributed by atoms with van der Waals surface area (Å²) in [6, 6.07) is 7.81. The Balaban J connectivity index is 1.73. The summed E-state index contributed by atoms with van der Waals surface area (Å²) in [5.74, 6) is -0.265. The number of thiazole rings is 1. The summed E-state index contributed by atoms with van der Waals surface area (Å²) < 4.78 is 1.70. The highest BCUT2D eigenvalue weighted by Crippen LogP contribution is 2.27. The molecule has 0 fully saturated rings. The first kappa shape index (κ1) is 19.8. The average molecular weight is 398 g/mol. The average Bonchev–Trinajstić information content (AvgIpc) is 3.19. The molecule has 0 saturated heterocycles. The summed E-state index contributed by atoms with van der Waals surface area (Å²) >= 11 is 1.38. The van der Waals surface area contributed by atoms with Crippen LogP contribution in [0.2, 0.25) is 0 Å². The summed E-state index contributed by atoms with van der Waals surface area (Å²) in [6.07, 6.45) is 0. The molecule has 0 spiro atoms. The van der Waals surface area contributed by atoms with Crippen molar-refractivity contribution in [2.75, 3.05) is 5.32 Å². The second-order valence-electron chi connectivity index (χ2n) is 6.71. The van der Waals surface area contributed by atoms with E-state index in [1.54, 1.807) is 4.68 Å². The van der Waals surface area contributed by atoms with Crippen LogP contribution in [0.1, 0.15) is 47.2 Å². The van der Waals surface area contributed by atoms with E-state index in [0.717, 1.165) is 22.5 Å². The molecule has 28 heavy (non-hydrogen) atoms. The Morgan fingerprint density at radius 1 is 1.18 bits per heavy atom. The van der Waals surface area contributed by atoms with Gasteiger partial charge in [-0.05, 0) is 26.3 Å². The molecule has 3 rings (SSSR count). The molecule has 0 saturated carbocycles. The molecule has 0 bridgehead atoms. The largest absolute Gasteiger partial charge is 0.350 e. The first-order valence-corrected chi connectivity index (χ1v) is 9.78. The van der Waals surface area contributed by atoms with Crippen LogP contribution >= 0.6 is 11.3 Å². The molecule has 0 aliphatic rings. The van der Waals surface area contributed by atoms with Crippen molar-refractivity contribution in [3.05, 3.63) is 52.2 Å². The second kappa shape index (κ2) is 7.93. The van der Waals surface area contributed by atoms with Gasteiger partial charge in [-0.3, -0.25) is 19.6 Å². The molecule has 0 unspecified atom stereocenters. The van der Waals surface area contributed by atoms with E-state index in [1.165, 1.54) is 18.3 Å². The van der Waals surface area contributed by atoms with Crippen LogP contribution < -0.4 is 10.6 Å². The number of aryl methyl sites for hydroxylation is 2. The van der Waals surface area contributed by atoms with Gasteiger partial charge in [-0.25, -0.2) is 4.98 Å². The van der Waals surface area contributed by atoms with E-state index in [-0.39, 0.29) is 17.9 Å². The number of amides is 2. The molecule has 1 aromatic carbocycles. The van der Waals surface area contributed by atoms with Gasteiger partial charge in [0.25, 0.3) is 5.91 Å². The van der Waals surface area contributed by atoms with Crippen LogP contribution in [0.15, 0.2) is 29.6 Å².